The molecule has 0 N–H and O–H groups in total. The molecule has 1 unspecified atom stereocenters. The number of alkyl halides is 6. The van der Waals surface area contributed by atoms with Crippen LogP contribution in [-0.2, 0) is 4.79 Å². The number of benzene rings is 1. The highest BCUT2D eigenvalue weighted by molar-refractivity contribution is 7.10. The van der Waals surface area contributed by atoms with Crippen LogP contribution in [0, 0.1) is 18.2 Å². The topological polar surface area (TPSA) is 97.8 Å². The molecule has 39 heavy (non-hydrogen) atoms. The van der Waals surface area contributed by atoms with Gasteiger partial charge in [-0.1, -0.05) is 0 Å². The maximum atomic E-state index is 13.5. The molecule has 0 saturated carbocycles. The SMILES string of the molecule is C#Cc1nc(C(=O)N(c2cc(OC(F)(F)F)cc(OC(F)(F)F)c2)C2CCN(c3ncc(F)cn3)C2=O)cs1. The molecule has 3 aromatic rings. The van der Waals surface area contributed by atoms with Crippen molar-refractivity contribution in [1.82, 2.24) is 15.0 Å². The quantitative estimate of drug-likeness (QED) is 0.319. The number of ether oxygens (including phenoxy) is 2. The number of rotatable bonds is 6. The molecule has 0 bridgehead atoms. The van der Waals surface area contributed by atoms with E-state index in [9.17, 15) is 40.3 Å². The second-order valence-electron chi connectivity index (χ2n) is 7.61. The van der Waals surface area contributed by atoms with Crippen LogP contribution in [0.4, 0.5) is 42.4 Å². The van der Waals surface area contributed by atoms with E-state index in [1.165, 1.54) is 5.38 Å². The third kappa shape index (κ3) is 6.52. The number of terminal acetylenes is 1. The molecular weight excluding hydrogens is 563 g/mol. The lowest BCUT2D eigenvalue weighted by Gasteiger charge is -2.28. The highest BCUT2D eigenvalue weighted by Crippen LogP contribution is 2.37. The first kappa shape index (κ1) is 27.6. The monoisotopic (exact) mass is 575 g/mol. The Morgan fingerprint density at radius 3 is 2.18 bits per heavy atom. The van der Waals surface area contributed by atoms with E-state index >= 15 is 0 Å². The first-order valence-corrected chi connectivity index (χ1v) is 11.3. The average molecular weight is 575 g/mol. The van der Waals surface area contributed by atoms with Gasteiger partial charge in [0.1, 0.15) is 23.2 Å². The molecule has 204 valence electrons. The third-order valence-corrected chi connectivity index (χ3v) is 5.79. The Morgan fingerprint density at radius 1 is 1.08 bits per heavy atom. The molecule has 1 fully saturated rings. The lowest BCUT2D eigenvalue weighted by atomic mass is 10.1. The van der Waals surface area contributed by atoms with E-state index in [4.69, 9.17) is 6.42 Å². The number of hydrogen-bond donors (Lipinski definition) is 0. The van der Waals surface area contributed by atoms with Gasteiger partial charge in [0, 0.05) is 30.1 Å². The highest BCUT2D eigenvalue weighted by atomic mass is 32.1. The predicted molar refractivity (Wildman–Crippen MR) is 119 cm³/mol. The van der Waals surface area contributed by atoms with Gasteiger partial charge >= 0.3 is 12.7 Å². The van der Waals surface area contributed by atoms with E-state index in [-0.39, 0.29) is 29.6 Å². The fourth-order valence-corrected chi connectivity index (χ4v) is 4.23. The molecule has 0 aliphatic carbocycles. The highest BCUT2D eigenvalue weighted by Gasteiger charge is 2.42. The van der Waals surface area contributed by atoms with Gasteiger partial charge in [-0.25, -0.2) is 19.3 Å². The number of thiazole rings is 1. The van der Waals surface area contributed by atoms with E-state index < -0.39 is 53.6 Å². The molecule has 3 heterocycles. The summed E-state index contributed by atoms with van der Waals surface area (Å²) in [5.41, 5.74) is -0.950. The van der Waals surface area contributed by atoms with Gasteiger partial charge in [-0.15, -0.1) is 44.1 Å². The van der Waals surface area contributed by atoms with Crippen LogP contribution in [0.3, 0.4) is 0 Å². The molecule has 2 amide bonds. The molecule has 0 spiro atoms. The second kappa shape index (κ2) is 10.4. The smallest absolute Gasteiger partial charge is 0.406 e. The van der Waals surface area contributed by atoms with Crippen molar-refractivity contribution in [3.8, 4) is 23.8 Å². The summed E-state index contributed by atoms with van der Waals surface area (Å²) in [6.45, 7) is -0.129. The average Bonchev–Trinajstić information content (AvgIpc) is 3.45. The Labute approximate surface area is 217 Å². The molecule has 2 aromatic heterocycles. The fourth-order valence-electron chi connectivity index (χ4n) is 3.63. The Morgan fingerprint density at radius 2 is 1.67 bits per heavy atom. The molecule has 1 aliphatic rings. The van der Waals surface area contributed by atoms with Crippen molar-refractivity contribution in [3.63, 3.8) is 0 Å². The van der Waals surface area contributed by atoms with Gasteiger partial charge in [0.25, 0.3) is 11.8 Å². The van der Waals surface area contributed by atoms with Crippen LogP contribution in [0.25, 0.3) is 0 Å². The standard InChI is InChI=1S/C22H12F7N5O4S/c1-2-17-32-15(10-39-17)18(35)34(16-3-4-33(19(16)36)20-30-8-11(23)9-31-20)12-5-13(37-21(24,25)26)7-14(6-12)38-22(27,28)29/h1,5-10,16H,3-4H2. The molecular formula is C22H12F7N5O4S. The van der Waals surface area contributed by atoms with Crippen LogP contribution >= 0.6 is 11.3 Å². The maximum absolute atomic E-state index is 13.5. The zero-order valence-electron chi connectivity index (χ0n) is 19.0. The predicted octanol–water partition coefficient (Wildman–Crippen LogP) is 4.30. The van der Waals surface area contributed by atoms with Crippen molar-refractivity contribution in [2.75, 3.05) is 16.3 Å². The lowest BCUT2D eigenvalue weighted by Crippen LogP contribution is -2.46. The minimum absolute atomic E-state index is 0.0487. The molecule has 1 saturated heterocycles. The molecule has 1 atom stereocenters. The molecule has 9 nitrogen and oxygen atoms in total. The van der Waals surface area contributed by atoms with Crippen LogP contribution in [0.15, 0.2) is 36.0 Å². The first-order chi connectivity index (χ1) is 18.2. The van der Waals surface area contributed by atoms with Gasteiger partial charge in [0.2, 0.25) is 5.95 Å². The van der Waals surface area contributed by atoms with Crippen LogP contribution < -0.4 is 19.3 Å². The minimum Gasteiger partial charge on any atom is -0.406 e. The van der Waals surface area contributed by atoms with Crippen LogP contribution in [0.5, 0.6) is 11.5 Å². The second-order valence-corrected chi connectivity index (χ2v) is 8.47. The van der Waals surface area contributed by atoms with Crippen molar-refractivity contribution in [2.24, 2.45) is 0 Å². The number of nitrogens with zero attached hydrogens (tertiary/aromatic N) is 5. The first-order valence-electron chi connectivity index (χ1n) is 10.5. The van der Waals surface area contributed by atoms with E-state index in [1.54, 1.807) is 0 Å². The summed E-state index contributed by atoms with van der Waals surface area (Å²) >= 11 is 0.862. The summed E-state index contributed by atoms with van der Waals surface area (Å²) in [7, 11) is 0. The molecule has 1 aromatic carbocycles. The van der Waals surface area contributed by atoms with E-state index in [2.05, 4.69) is 30.3 Å². The Kier molecular flexibility index (Phi) is 7.33. The summed E-state index contributed by atoms with van der Waals surface area (Å²) in [6.07, 6.45) is -3.98. The maximum Gasteiger partial charge on any atom is 0.573 e. The normalized spacial score (nSPS) is 15.7. The summed E-state index contributed by atoms with van der Waals surface area (Å²) < 4.78 is 98.5. The van der Waals surface area contributed by atoms with Gasteiger partial charge < -0.3 is 9.47 Å². The number of hydrogen-bond acceptors (Lipinski definition) is 8. The molecule has 4 rings (SSSR count). The van der Waals surface area contributed by atoms with Crippen LogP contribution in [-0.4, -0.2) is 52.1 Å². The number of carbonyl (C=O) groups is 2. The van der Waals surface area contributed by atoms with E-state index in [1.807, 2.05) is 0 Å². The van der Waals surface area contributed by atoms with Gasteiger partial charge in [-0.3, -0.25) is 19.4 Å². The fraction of sp³-hybridized carbons (Fsp3) is 0.227. The third-order valence-electron chi connectivity index (χ3n) is 5.01. The Balaban J connectivity index is 1.81. The minimum atomic E-state index is -5.32. The lowest BCUT2D eigenvalue weighted by molar-refractivity contribution is -0.276. The zero-order chi connectivity index (χ0) is 28.5. The summed E-state index contributed by atoms with van der Waals surface area (Å²) in [5, 5.41) is 1.25. The summed E-state index contributed by atoms with van der Waals surface area (Å²) in [4.78, 5) is 39.7. The number of aromatic nitrogens is 3. The zero-order valence-corrected chi connectivity index (χ0v) is 19.8. The number of amides is 2. The summed E-state index contributed by atoms with van der Waals surface area (Å²) in [6, 6.07) is 0.0320. The molecule has 1 aliphatic heterocycles. The largest absolute Gasteiger partial charge is 0.573 e. The van der Waals surface area contributed by atoms with Crippen molar-refractivity contribution in [1.29, 1.82) is 0 Å². The van der Waals surface area contributed by atoms with Crippen molar-refractivity contribution >= 4 is 34.8 Å². The van der Waals surface area contributed by atoms with Crippen molar-refractivity contribution in [3.05, 3.63) is 52.5 Å². The van der Waals surface area contributed by atoms with Crippen molar-refractivity contribution in [2.45, 2.75) is 25.2 Å². The molecule has 0 radical (unpaired) electrons. The van der Waals surface area contributed by atoms with E-state index in [0.717, 1.165) is 28.6 Å². The van der Waals surface area contributed by atoms with Gasteiger partial charge in [0.15, 0.2) is 10.8 Å². The number of halogens is 7. The van der Waals surface area contributed by atoms with Crippen LogP contribution in [0.1, 0.15) is 21.9 Å². The molecule has 17 heteroatoms. The van der Waals surface area contributed by atoms with Gasteiger partial charge in [-0.2, -0.15) is 0 Å². The van der Waals surface area contributed by atoms with Gasteiger partial charge in [-0.05, 0) is 12.3 Å². The number of carbonyl (C=O) groups excluding carboxylic acids is 2. The summed E-state index contributed by atoms with van der Waals surface area (Å²) in [5.74, 6) is -3.11. The van der Waals surface area contributed by atoms with E-state index in [0.29, 0.717) is 23.1 Å². The van der Waals surface area contributed by atoms with Gasteiger partial charge in [0.05, 0.1) is 18.1 Å². The Bertz CT molecular complexity index is 1400. The number of anilines is 2. The Hall–Kier alpha value is -4.46. The van der Waals surface area contributed by atoms with Crippen LogP contribution in [0.2, 0.25) is 0 Å². The van der Waals surface area contributed by atoms with Crippen molar-refractivity contribution < 1.29 is 49.8 Å².